The maximum atomic E-state index is 12.0. The van der Waals surface area contributed by atoms with Gasteiger partial charge in [-0.2, -0.15) is 5.10 Å². The van der Waals surface area contributed by atoms with Gasteiger partial charge in [0, 0.05) is 34.9 Å². The maximum Gasteiger partial charge on any atom is 0.339 e. The van der Waals surface area contributed by atoms with Gasteiger partial charge in [0.05, 0.1) is 6.21 Å². The van der Waals surface area contributed by atoms with Gasteiger partial charge < -0.3 is 9.88 Å². The molecular weight excluding hydrogens is 312 g/mol. The summed E-state index contributed by atoms with van der Waals surface area (Å²) in [6.45, 7) is 6.44. The number of nitrogens with zero attached hydrogens (tertiary/aromatic N) is 2. The number of fused-ring (bicyclic) bond motifs is 1. The number of hydrogen-bond acceptors (Lipinski definition) is 2. The normalized spacial score (nSPS) is 10.9. The zero-order valence-electron chi connectivity index (χ0n) is 14.1. The molecule has 1 heterocycles. The predicted molar refractivity (Wildman–Crippen MR) is 103 cm³/mol. The molecule has 0 bridgehead atoms. The fourth-order valence-corrected chi connectivity index (χ4v) is 2.69. The van der Waals surface area contributed by atoms with Gasteiger partial charge in [0.1, 0.15) is 0 Å². The molecule has 1 aromatic heterocycles. The van der Waals surface area contributed by atoms with Crippen molar-refractivity contribution in [3.63, 3.8) is 0 Å². The number of carbonyl (C=O) groups is 1. The van der Waals surface area contributed by atoms with Gasteiger partial charge in [-0.3, -0.25) is 0 Å². The van der Waals surface area contributed by atoms with E-state index in [-0.39, 0.29) is 6.03 Å². The Kier molecular flexibility index (Phi) is 4.95. The highest BCUT2D eigenvalue weighted by Gasteiger charge is 2.06. The van der Waals surface area contributed by atoms with Gasteiger partial charge in [-0.05, 0) is 24.6 Å². The van der Waals surface area contributed by atoms with Crippen molar-refractivity contribution in [1.82, 2.24) is 9.99 Å². The molecule has 2 N–H and O–H groups in total. The van der Waals surface area contributed by atoms with E-state index < -0.39 is 0 Å². The first-order valence-electron chi connectivity index (χ1n) is 8.03. The van der Waals surface area contributed by atoms with Crippen LogP contribution >= 0.6 is 0 Å². The number of hydrazone groups is 1. The molecule has 0 aliphatic carbocycles. The van der Waals surface area contributed by atoms with Crippen LogP contribution in [0.3, 0.4) is 0 Å². The number of urea groups is 1. The molecule has 0 aliphatic rings. The third-order valence-corrected chi connectivity index (χ3v) is 3.91. The minimum atomic E-state index is -0.375. The fourth-order valence-electron chi connectivity index (χ4n) is 2.69. The van der Waals surface area contributed by atoms with Gasteiger partial charge >= 0.3 is 6.03 Å². The summed E-state index contributed by atoms with van der Waals surface area (Å²) in [5.74, 6) is 0. The van der Waals surface area contributed by atoms with Crippen LogP contribution in [0.15, 0.2) is 72.5 Å². The molecule has 5 heteroatoms. The number of anilines is 1. The standard InChI is InChI=1S/C20H20N4O/c1-3-12-24-14-16(17-9-5-7-11-19(17)24)13-21-23-20(25)22-18-10-6-4-8-15(18)2/h3-11,13-14H,1,12H2,2H3,(H2,22,23,25). The predicted octanol–water partition coefficient (Wildman–Crippen LogP) is 4.29. The number of para-hydroxylation sites is 2. The summed E-state index contributed by atoms with van der Waals surface area (Å²) < 4.78 is 2.09. The van der Waals surface area contributed by atoms with Crippen LogP contribution in [-0.2, 0) is 6.54 Å². The zero-order chi connectivity index (χ0) is 17.6. The fraction of sp³-hybridized carbons (Fsp3) is 0.100. The summed E-state index contributed by atoms with van der Waals surface area (Å²) in [5, 5.41) is 7.92. The van der Waals surface area contributed by atoms with E-state index in [0.717, 1.165) is 34.3 Å². The Labute approximate surface area is 146 Å². The van der Waals surface area contributed by atoms with Gasteiger partial charge in [0.15, 0.2) is 0 Å². The second-order valence-electron chi connectivity index (χ2n) is 5.68. The van der Waals surface area contributed by atoms with Crippen LogP contribution in [0.25, 0.3) is 10.9 Å². The smallest absolute Gasteiger partial charge is 0.339 e. The Hall–Kier alpha value is -3.34. The third kappa shape index (κ3) is 3.77. The molecule has 3 rings (SSSR count). The summed E-state index contributed by atoms with van der Waals surface area (Å²) >= 11 is 0. The molecule has 0 unspecified atom stereocenters. The van der Waals surface area contributed by atoms with Crippen LogP contribution in [0, 0.1) is 6.92 Å². The molecule has 5 nitrogen and oxygen atoms in total. The first kappa shape index (κ1) is 16.5. The average Bonchev–Trinajstić information content (AvgIpc) is 2.96. The van der Waals surface area contributed by atoms with E-state index in [1.807, 2.05) is 61.7 Å². The molecule has 25 heavy (non-hydrogen) atoms. The quantitative estimate of drug-likeness (QED) is 0.409. The molecule has 3 aromatic rings. The van der Waals surface area contributed by atoms with E-state index >= 15 is 0 Å². The first-order chi connectivity index (χ1) is 12.2. The number of nitrogens with one attached hydrogen (secondary N) is 2. The SMILES string of the molecule is C=CCn1cc(C=NNC(=O)Nc2ccccc2C)c2ccccc21. The topological polar surface area (TPSA) is 58.4 Å². The lowest BCUT2D eigenvalue weighted by molar-refractivity contribution is 0.252. The van der Waals surface area contributed by atoms with Crippen molar-refractivity contribution >= 4 is 28.8 Å². The van der Waals surface area contributed by atoms with Crippen LogP contribution in [-0.4, -0.2) is 16.8 Å². The van der Waals surface area contributed by atoms with E-state index in [1.165, 1.54) is 0 Å². The third-order valence-electron chi connectivity index (χ3n) is 3.91. The van der Waals surface area contributed by atoms with Crippen LogP contribution < -0.4 is 10.7 Å². The lowest BCUT2D eigenvalue weighted by Crippen LogP contribution is -2.24. The van der Waals surface area contributed by atoms with E-state index in [0.29, 0.717) is 0 Å². The summed E-state index contributed by atoms with van der Waals surface area (Å²) in [6.07, 6.45) is 5.50. The Morgan fingerprint density at radius 3 is 2.76 bits per heavy atom. The minimum Gasteiger partial charge on any atom is -0.343 e. The second kappa shape index (κ2) is 7.49. The molecule has 0 saturated carbocycles. The molecule has 0 aliphatic heterocycles. The number of hydrogen-bond donors (Lipinski definition) is 2. The van der Waals surface area contributed by atoms with Crippen molar-refractivity contribution in [3.8, 4) is 0 Å². The molecule has 2 amide bonds. The Balaban J connectivity index is 1.72. The highest BCUT2D eigenvalue weighted by Crippen LogP contribution is 2.20. The highest BCUT2D eigenvalue weighted by molar-refractivity contribution is 6.00. The number of aryl methyl sites for hydroxylation is 1. The van der Waals surface area contributed by atoms with E-state index in [2.05, 4.69) is 33.1 Å². The van der Waals surface area contributed by atoms with Crippen molar-refractivity contribution in [3.05, 3.63) is 78.5 Å². The molecular formula is C20H20N4O. The van der Waals surface area contributed by atoms with Crippen LogP contribution in [0.1, 0.15) is 11.1 Å². The molecule has 0 radical (unpaired) electrons. The van der Waals surface area contributed by atoms with E-state index in [4.69, 9.17) is 0 Å². The zero-order valence-corrected chi connectivity index (χ0v) is 14.1. The van der Waals surface area contributed by atoms with Crippen LogP contribution in [0.5, 0.6) is 0 Å². The molecule has 0 spiro atoms. The van der Waals surface area contributed by atoms with Crippen molar-refractivity contribution in [2.75, 3.05) is 5.32 Å². The van der Waals surface area contributed by atoms with E-state index in [1.54, 1.807) is 6.21 Å². The molecule has 2 aromatic carbocycles. The number of amides is 2. The lowest BCUT2D eigenvalue weighted by Gasteiger charge is -2.06. The molecule has 0 atom stereocenters. The van der Waals surface area contributed by atoms with E-state index in [9.17, 15) is 4.79 Å². The van der Waals surface area contributed by atoms with Gasteiger partial charge in [-0.1, -0.05) is 42.5 Å². The first-order valence-corrected chi connectivity index (χ1v) is 8.03. The molecule has 0 fully saturated rings. The number of carbonyl (C=O) groups excluding carboxylic acids is 1. The summed E-state index contributed by atoms with van der Waals surface area (Å²) in [4.78, 5) is 12.0. The summed E-state index contributed by atoms with van der Waals surface area (Å²) in [6, 6.07) is 15.3. The van der Waals surface area contributed by atoms with Crippen molar-refractivity contribution in [2.24, 2.45) is 5.10 Å². The maximum absolute atomic E-state index is 12.0. The Morgan fingerprint density at radius 1 is 1.20 bits per heavy atom. The van der Waals surface area contributed by atoms with Crippen molar-refractivity contribution < 1.29 is 4.79 Å². The summed E-state index contributed by atoms with van der Waals surface area (Å²) in [7, 11) is 0. The number of benzene rings is 2. The number of allylic oxidation sites excluding steroid dienone is 1. The van der Waals surface area contributed by atoms with Gasteiger partial charge in [-0.15, -0.1) is 6.58 Å². The highest BCUT2D eigenvalue weighted by atomic mass is 16.2. The van der Waals surface area contributed by atoms with Crippen molar-refractivity contribution in [2.45, 2.75) is 13.5 Å². The van der Waals surface area contributed by atoms with Gasteiger partial charge in [0.25, 0.3) is 0 Å². The minimum absolute atomic E-state index is 0.375. The average molecular weight is 332 g/mol. The molecule has 0 saturated heterocycles. The van der Waals surface area contributed by atoms with Crippen LogP contribution in [0.4, 0.5) is 10.5 Å². The monoisotopic (exact) mass is 332 g/mol. The largest absolute Gasteiger partial charge is 0.343 e. The number of aromatic nitrogens is 1. The lowest BCUT2D eigenvalue weighted by atomic mass is 10.2. The van der Waals surface area contributed by atoms with Gasteiger partial charge in [-0.25, -0.2) is 10.2 Å². The van der Waals surface area contributed by atoms with Crippen LogP contribution in [0.2, 0.25) is 0 Å². The Bertz CT molecular complexity index is 940. The number of rotatable bonds is 5. The molecule has 126 valence electrons. The summed E-state index contributed by atoms with van der Waals surface area (Å²) in [5.41, 5.74) is 6.30. The van der Waals surface area contributed by atoms with Crippen molar-refractivity contribution in [1.29, 1.82) is 0 Å². The Morgan fingerprint density at radius 2 is 1.96 bits per heavy atom. The second-order valence-corrected chi connectivity index (χ2v) is 5.68. The van der Waals surface area contributed by atoms with Gasteiger partial charge in [0.2, 0.25) is 0 Å².